The van der Waals surface area contributed by atoms with Gasteiger partial charge in [0.05, 0.1) is 19.0 Å². The largest absolute Gasteiger partial charge is 0.495 e. The first-order valence-electron chi connectivity index (χ1n) is 4.92. The van der Waals surface area contributed by atoms with Gasteiger partial charge in [-0.3, -0.25) is 0 Å². The molecule has 2 aromatic rings. The summed E-state index contributed by atoms with van der Waals surface area (Å²) in [6, 6.07) is 7.71. The number of nitrogens with zero attached hydrogens (tertiary/aromatic N) is 1. The summed E-state index contributed by atoms with van der Waals surface area (Å²) in [7, 11) is 1.54. The van der Waals surface area contributed by atoms with Crippen molar-refractivity contribution in [2.24, 2.45) is 0 Å². The van der Waals surface area contributed by atoms with E-state index in [9.17, 15) is 4.39 Å². The monoisotopic (exact) mass is 234 g/mol. The average molecular weight is 234 g/mol. The second-order valence-corrected chi connectivity index (χ2v) is 3.32. The van der Waals surface area contributed by atoms with E-state index >= 15 is 0 Å². The molecule has 1 aromatic heterocycles. The van der Waals surface area contributed by atoms with Crippen LogP contribution < -0.4 is 15.2 Å². The number of halogens is 1. The van der Waals surface area contributed by atoms with Crippen LogP contribution in [-0.2, 0) is 0 Å². The summed E-state index contributed by atoms with van der Waals surface area (Å²) in [5, 5.41) is 0. The van der Waals surface area contributed by atoms with Crippen LogP contribution in [0, 0.1) is 5.82 Å². The van der Waals surface area contributed by atoms with Crippen molar-refractivity contribution in [3.63, 3.8) is 0 Å². The van der Waals surface area contributed by atoms with Gasteiger partial charge in [-0.1, -0.05) is 0 Å². The predicted molar refractivity (Wildman–Crippen MR) is 61.7 cm³/mol. The highest BCUT2D eigenvalue weighted by Crippen LogP contribution is 2.28. The van der Waals surface area contributed by atoms with Crippen molar-refractivity contribution < 1.29 is 13.9 Å². The van der Waals surface area contributed by atoms with Crippen LogP contribution in [0.1, 0.15) is 0 Å². The number of rotatable bonds is 3. The highest BCUT2D eigenvalue weighted by molar-refractivity contribution is 5.56. The highest BCUT2D eigenvalue weighted by Gasteiger charge is 2.03. The third kappa shape index (κ3) is 2.63. The maximum Gasteiger partial charge on any atom is 0.219 e. The van der Waals surface area contributed by atoms with E-state index in [1.807, 2.05) is 0 Å². The number of anilines is 1. The van der Waals surface area contributed by atoms with Crippen molar-refractivity contribution in [3.8, 4) is 17.4 Å². The van der Waals surface area contributed by atoms with Crippen molar-refractivity contribution >= 4 is 5.69 Å². The fourth-order valence-electron chi connectivity index (χ4n) is 1.32. The topological polar surface area (TPSA) is 57.4 Å². The number of benzene rings is 1. The Bertz CT molecular complexity index is 514. The van der Waals surface area contributed by atoms with Crippen LogP contribution in [0.25, 0.3) is 0 Å². The van der Waals surface area contributed by atoms with E-state index in [-0.39, 0.29) is 0 Å². The molecule has 0 spiro atoms. The molecule has 0 unspecified atom stereocenters. The molecule has 0 radical (unpaired) electrons. The maximum absolute atomic E-state index is 12.6. The SMILES string of the molecule is COc1ccc(Oc2ccc(F)cn2)cc1N. The van der Waals surface area contributed by atoms with Gasteiger partial charge in [-0.15, -0.1) is 0 Å². The van der Waals surface area contributed by atoms with Crippen LogP contribution in [0.3, 0.4) is 0 Å². The molecule has 0 amide bonds. The van der Waals surface area contributed by atoms with Gasteiger partial charge in [0.25, 0.3) is 0 Å². The Kier molecular flexibility index (Phi) is 3.09. The van der Waals surface area contributed by atoms with E-state index in [4.69, 9.17) is 15.2 Å². The van der Waals surface area contributed by atoms with Crippen molar-refractivity contribution in [1.29, 1.82) is 0 Å². The molecule has 0 aliphatic rings. The van der Waals surface area contributed by atoms with Crippen molar-refractivity contribution in [2.45, 2.75) is 0 Å². The summed E-state index contributed by atoms with van der Waals surface area (Å²) in [6.07, 6.45) is 1.09. The van der Waals surface area contributed by atoms with Gasteiger partial charge in [0.1, 0.15) is 17.3 Å². The van der Waals surface area contributed by atoms with Crippen LogP contribution in [-0.4, -0.2) is 12.1 Å². The minimum absolute atomic E-state index is 0.302. The smallest absolute Gasteiger partial charge is 0.219 e. The Morgan fingerprint density at radius 1 is 1.24 bits per heavy atom. The molecule has 0 aliphatic carbocycles. The van der Waals surface area contributed by atoms with E-state index in [1.165, 1.54) is 19.2 Å². The van der Waals surface area contributed by atoms with Gasteiger partial charge in [-0.25, -0.2) is 9.37 Å². The molecule has 17 heavy (non-hydrogen) atoms. The lowest BCUT2D eigenvalue weighted by Gasteiger charge is -2.08. The summed E-state index contributed by atoms with van der Waals surface area (Å²) in [5.41, 5.74) is 6.19. The Morgan fingerprint density at radius 3 is 2.65 bits per heavy atom. The third-order valence-electron chi connectivity index (χ3n) is 2.12. The van der Waals surface area contributed by atoms with Crippen LogP contribution in [0.5, 0.6) is 17.4 Å². The summed E-state index contributed by atoms with van der Waals surface area (Å²) in [5.74, 6) is 0.981. The number of nitrogen functional groups attached to an aromatic ring is 1. The molecule has 0 saturated heterocycles. The molecule has 1 heterocycles. The maximum atomic E-state index is 12.6. The molecule has 0 bridgehead atoms. The van der Waals surface area contributed by atoms with Gasteiger partial charge in [0.15, 0.2) is 0 Å². The molecule has 0 aliphatic heterocycles. The lowest BCUT2D eigenvalue weighted by molar-refractivity contribution is 0.414. The van der Waals surface area contributed by atoms with Crippen LogP contribution in [0.4, 0.5) is 10.1 Å². The molecular weight excluding hydrogens is 223 g/mol. The normalized spacial score (nSPS) is 10.0. The molecule has 0 saturated carbocycles. The van der Waals surface area contributed by atoms with E-state index in [1.54, 1.807) is 18.2 Å². The van der Waals surface area contributed by atoms with Crippen LogP contribution in [0.15, 0.2) is 36.5 Å². The number of hydrogen-bond donors (Lipinski definition) is 1. The molecule has 88 valence electrons. The van der Waals surface area contributed by atoms with Gasteiger partial charge >= 0.3 is 0 Å². The van der Waals surface area contributed by atoms with Gasteiger partial charge in [0.2, 0.25) is 5.88 Å². The zero-order valence-corrected chi connectivity index (χ0v) is 9.18. The Balaban J connectivity index is 2.19. The second kappa shape index (κ2) is 4.69. The van der Waals surface area contributed by atoms with Crippen LogP contribution in [0.2, 0.25) is 0 Å². The standard InChI is InChI=1S/C12H11FN2O2/c1-16-11-4-3-9(6-10(11)14)17-12-5-2-8(13)7-15-12/h2-7H,14H2,1H3. The van der Waals surface area contributed by atoms with Gasteiger partial charge in [-0.05, 0) is 18.2 Å². The lowest BCUT2D eigenvalue weighted by Crippen LogP contribution is -1.94. The quantitative estimate of drug-likeness (QED) is 0.829. The van der Waals surface area contributed by atoms with Gasteiger partial charge in [0, 0.05) is 12.1 Å². The number of ether oxygens (including phenoxy) is 2. The Hall–Kier alpha value is -2.30. The number of methoxy groups -OCH3 is 1. The summed E-state index contributed by atoms with van der Waals surface area (Å²) >= 11 is 0. The highest BCUT2D eigenvalue weighted by atomic mass is 19.1. The van der Waals surface area contributed by atoms with E-state index in [2.05, 4.69) is 4.98 Å². The predicted octanol–water partition coefficient (Wildman–Crippen LogP) is 2.60. The zero-order chi connectivity index (χ0) is 12.3. The average Bonchev–Trinajstić information content (AvgIpc) is 2.32. The molecule has 4 nitrogen and oxygen atoms in total. The zero-order valence-electron chi connectivity index (χ0n) is 9.18. The van der Waals surface area contributed by atoms with E-state index in [0.717, 1.165) is 6.20 Å². The fraction of sp³-hybridized carbons (Fsp3) is 0.0833. The number of aromatic nitrogens is 1. The van der Waals surface area contributed by atoms with Crippen molar-refractivity contribution in [1.82, 2.24) is 4.98 Å². The Labute approximate surface area is 97.8 Å². The molecule has 2 rings (SSSR count). The van der Waals surface area contributed by atoms with E-state index in [0.29, 0.717) is 23.1 Å². The number of nitrogens with two attached hydrogens (primary N) is 1. The lowest BCUT2D eigenvalue weighted by atomic mass is 10.3. The van der Waals surface area contributed by atoms with E-state index < -0.39 is 5.82 Å². The van der Waals surface area contributed by atoms with Crippen molar-refractivity contribution in [2.75, 3.05) is 12.8 Å². The first-order valence-corrected chi connectivity index (χ1v) is 4.92. The minimum Gasteiger partial charge on any atom is -0.495 e. The molecule has 2 N–H and O–H groups in total. The molecule has 0 fully saturated rings. The Morgan fingerprint density at radius 2 is 2.06 bits per heavy atom. The van der Waals surface area contributed by atoms with Gasteiger partial charge in [-0.2, -0.15) is 0 Å². The fourth-order valence-corrected chi connectivity index (χ4v) is 1.32. The molecule has 1 aromatic carbocycles. The number of pyridine rings is 1. The first kappa shape index (κ1) is 11.2. The molecule has 5 heteroatoms. The summed E-state index contributed by atoms with van der Waals surface area (Å²) in [4.78, 5) is 3.78. The van der Waals surface area contributed by atoms with Gasteiger partial charge < -0.3 is 15.2 Å². The first-order chi connectivity index (χ1) is 8.19. The molecule has 0 atom stereocenters. The third-order valence-corrected chi connectivity index (χ3v) is 2.12. The van der Waals surface area contributed by atoms with Crippen molar-refractivity contribution in [3.05, 3.63) is 42.3 Å². The minimum atomic E-state index is -0.411. The second-order valence-electron chi connectivity index (χ2n) is 3.32. The summed E-state index contributed by atoms with van der Waals surface area (Å²) < 4.78 is 23.1. The summed E-state index contributed by atoms with van der Waals surface area (Å²) in [6.45, 7) is 0. The molecular formula is C12H11FN2O2. The number of hydrogen-bond acceptors (Lipinski definition) is 4. The van der Waals surface area contributed by atoms with Crippen LogP contribution >= 0.6 is 0 Å².